The van der Waals surface area contributed by atoms with E-state index in [0.29, 0.717) is 10.9 Å². The Hall–Kier alpha value is -3.50. The van der Waals surface area contributed by atoms with Crippen LogP contribution in [-0.2, 0) is 10.1 Å². The summed E-state index contributed by atoms with van der Waals surface area (Å²) in [4.78, 5) is 22.5. The van der Waals surface area contributed by atoms with Crippen molar-refractivity contribution < 1.29 is 27.8 Å². The van der Waals surface area contributed by atoms with Crippen molar-refractivity contribution in [3.8, 4) is 5.75 Å². The highest BCUT2D eigenvalue weighted by molar-refractivity contribution is 7.85. The molecule has 9 nitrogen and oxygen atoms in total. The van der Waals surface area contributed by atoms with Crippen LogP contribution in [0, 0.1) is 17.0 Å². The van der Waals surface area contributed by atoms with Gasteiger partial charge in [-0.2, -0.15) is 8.42 Å². The Morgan fingerprint density at radius 1 is 1.11 bits per heavy atom. The lowest BCUT2D eigenvalue weighted by Crippen LogP contribution is -2.14. The van der Waals surface area contributed by atoms with Gasteiger partial charge in [0.05, 0.1) is 9.82 Å². The molecule has 0 fully saturated rings. The van der Waals surface area contributed by atoms with Crippen LogP contribution in [0.15, 0.2) is 53.4 Å². The van der Waals surface area contributed by atoms with E-state index in [1.165, 1.54) is 30.3 Å². The highest BCUT2D eigenvalue weighted by Gasteiger charge is 2.20. The van der Waals surface area contributed by atoms with Gasteiger partial charge in [-0.25, -0.2) is 0 Å². The molecule has 10 heteroatoms. The van der Waals surface area contributed by atoms with Crippen LogP contribution in [0.3, 0.4) is 0 Å². The van der Waals surface area contributed by atoms with Gasteiger partial charge in [-0.3, -0.25) is 19.5 Å². The standard InChI is InChI=1S/C18H14N2O7S/c1-10-2-4-15(16(6-10)20(23)24)18(22)19-12-3-5-14-11(7-12)8-13(9-17(14)21)28(25,26)27/h2-9,21H,1H3,(H,19,22)(H,25,26,27). The third kappa shape index (κ3) is 3.77. The first-order valence-corrected chi connectivity index (χ1v) is 9.31. The van der Waals surface area contributed by atoms with Crippen LogP contribution in [0.1, 0.15) is 15.9 Å². The highest BCUT2D eigenvalue weighted by Crippen LogP contribution is 2.31. The number of fused-ring (bicyclic) bond motifs is 1. The molecule has 28 heavy (non-hydrogen) atoms. The van der Waals surface area contributed by atoms with Gasteiger partial charge in [0.15, 0.2) is 0 Å². The summed E-state index contributed by atoms with van der Waals surface area (Å²) in [6.07, 6.45) is 0. The Morgan fingerprint density at radius 3 is 2.46 bits per heavy atom. The van der Waals surface area contributed by atoms with E-state index in [2.05, 4.69) is 5.32 Å². The van der Waals surface area contributed by atoms with E-state index in [-0.39, 0.29) is 28.1 Å². The van der Waals surface area contributed by atoms with Gasteiger partial charge in [-0.1, -0.05) is 6.07 Å². The second-order valence-electron chi connectivity index (χ2n) is 6.09. The van der Waals surface area contributed by atoms with Crippen molar-refractivity contribution in [1.29, 1.82) is 0 Å². The van der Waals surface area contributed by atoms with Crippen molar-refractivity contribution in [2.45, 2.75) is 11.8 Å². The molecule has 0 aliphatic rings. The second kappa shape index (κ2) is 6.91. The summed E-state index contributed by atoms with van der Waals surface area (Å²) in [6, 6.07) is 10.5. The van der Waals surface area contributed by atoms with Gasteiger partial charge in [0.25, 0.3) is 21.7 Å². The Morgan fingerprint density at radius 2 is 1.82 bits per heavy atom. The molecule has 0 spiro atoms. The molecule has 0 aromatic heterocycles. The molecule has 0 heterocycles. The van der Waals surface area contributed by atoms with Crippen molar-refractivity contribution in [3.63, 3.8) is 0 Å². The fourth-order valence-electron chi connectivity index (χ4n) is 2.73. The lowest BCUT2D eigenvalue weighted by molar-refractivity contribution is -0.385. The molecular weight excluding hydrogens is 388 g/mol. The number of nitrogens with one attached hydrogen (secondary N) is 1. The largest absolute Gasteiger partial charge is 0.507 e. The summed E-state index contributed by atoms with van der Waals surface area (Å²) in [5, 5.41) is 24.2. The number of nitro groups is 1. The third-order valence-electron chi connectivity index (χ3n) is 4.05. The summed E-state index contributed by atoms with van der Waals surface area (Å²) in [6.45, 7) is 1.66. The van der Waals surface area contributed by atoms with Crippen LogP contribution in [0.25, 0.3) is 10.8 Å². The number of carbonyl (C=O) groups is 1. The molecule has 0 saturated heterocycles. The van der Waals surface area contributed by atoms with Gasteiger partial charge < -0.3 is 10.4 Å². The number of nitro benzene ring substituents is 1. The molecule has 0 atom stereocenters. The zero-order valence-electron chi connectivity index (χ0n) is 14.4. The molecule has 0 aliphatic heterocycles. The Balaban J connectivity index is 2.01. The number of benzene rings is 3. The monoisotopic (exact) mass is 402 g/mol. The first-order valence-electron chi connectivity index (χ1n) is 7.87. The normalized spacial score (nSPS) is 11.4. The summed E-state index contributed by atoms with van der Waals surface area (Å²) in [5.41, 5.74) is 0.372. The maximum absolute atomic E-state index is 12.5. The number of carbonyl (C=O) groups excluding carboxylic acids is 1. The number of anilines is 1. The molecule has 144 valence electrons. The fraction of sp³-hybridized carbons (Fsp3) is 0.0556. The molecule has 0 bridgehead atoms. The van der Waals surface area contributed by atoms with Crippen molar-refractivity contribution in [2.75, 3.05) is 5.32 Å². The second-order valence-corrected chi connectivity index (χ2v) is 7.51. The maximum Gasteiger partial charge on any atom is 0.294 e. The summed E-state index contributed by atoms with van der Waals surface area (Å²) < 4.78 is 31.8. The Labute approximate surface area is 159 Å². The minimum Gasteiger partial charge on any atom is -0.507 e. The molecule has 3 N–H and O–H groups in total. The number of phenols is 1. The smallest absolute Gasteiger partial charge is 0.294 e. The van der Waals surface area contributed by atoms with Crippen LogP contribution in [0.2, 0.25) is 0 Å². The van der Waals surface area contributed by atoms with E-state index in [9.17, 15) is 28.4 Å². The molecular formula is C18H14N2O7S. The molecule has 1 amide bonds. The van der Waals surface area contributed by atoms with Crippen LogP contribution in [0.5, 0.6) is 5.75 Å². The average Bonchev–Trinajstić information content (AvgIpc) is 2.60. The first-order chi connectivity index (χ1) is 13.1. The first kappa shape index (κ1) is 19.3. The lowest BCUT2D eigenvalue weighted by Gasteiger charge is -2.09. The number of rotatable bonds is 4. The fourth-order valence-corrected chi connectivity index (χ4v) is 3.27. The van der Waals surface area contributed by atoms with E-state index >= 15 is 0 Å². The van der Waals surface area contributed by atoms with Gasteiger partial charge >= 0.3 is 0 Å². The summed E-state index contributed by atoms with van der Waals surface area (Å²) in [5.74, 6) is -1.08. The minimum absolute atomic E-state index is 0.134. The van der Waals surface area contributed by atoms with Crippen molar-refractivity contribution in [1.82, 2.24) is 0 Å². The van der Waals surface area contributed by atoms with Crippen LogP contribution < -0.4 is 5.32 Å². The zero-order chi connectivity index (χ0) is 20.6. The van der Waals surface area contributed by atoms with Gasteiger partial charge in [0.1, 0.15) is 11.3 Å². The molecule has 0 radical (unpaired) electrons. The third-order valence-corrected chi connectivity index (χ3v) is 4.89. The summed E-state index contributed by atoms with van der Waals surface area (Å²) >= 11 is 0. The number of aryl methyl sites for hydroxylation is 1. The van der Waals surface area contributed by atoms with E-state index in [1.54, 1.807) is 13.0 Å². The molecule has 0 unspecified atom stereocenters. The Kier molecular flexibility index (Phi) is 4.75. The molecule has 3 aromatic carbocycles. The highest BCUT2D eigenvalue weighted by atomic mass is 32.2. The van der Waals surface area contributed by atoms with Crippen LogP contribution in [0.4, 0.5) is 11.4 Å². The van der Waals surface area contributed by atoms with Crippen LogP contribution >= 0.6 is 0 Å². The van der Waals surface area contributed by atoms with E-state index in [0.717, 1.165) is 12.1 Å². The SMILES string of the molecule is Cc1ccc(C(=O)Nc2ccc3c(O)cc(S(=O)(=O)O)cc3c2)c([N+](=O)[O-])c1. The average molecular weight is 402 g/mol. The van der Waals surface area contributed by atoms with Gasteiger partial charge in [0, 0.05) is 23.2 Å². The van der Waals surface area contributed by atoms with Crippen molar-refractivity contribution >= 4 is 38.2 Å². The molecule has 3 rings (SSSR count). The number of hydrogen-bond acceptors (Lipinski definition) is 6. The van der Waals surface area contributed by atoms with Gasteiger partial charge in [-0.05, 0) is 48.2 Å². The zero-order valence-corrected chi connectivity index (χ0v) is 15.2. The van der Waals surface area contributed by atoms with Crippen molar-refractivity contribution in [3.05, 3.63) is 69.8 Å². The molecule has 0 aliphatic carbocycles. The van der Waals surface area contributed by atoms with E-state index < -0.39 is 25.8 Å². The van der Waals surface area contributed by atoms with Crippen molar-refractivity contribution in [2.24, 2.45) is 0 Å². The quantitative estimate of drug-likeness (QED) is 0.345. The van der Waals surface area contributed by atoms with Crippen LogP contribution in [-0.4, -0.2) is 28.9 Å². The van der Waals surface area contributed by atoms with Gasteiger partial charge in [0.2, 0.25) is 0 Å². The molecule has 3 aromatic rings. The number of phenolic OH excluding ortho intramolecular Hbond substituents is 1. The van der Waals surface area contributed by atoms with Gasteiger partial charge in [-0.15, -0.1) is 0 Å². The summed E-state index contributed by atoms with van der Waals surface area (Å²) in [7, 11) is -4.54. The number of nitrogens with zero attached hydrogens (tertiary/aromatic N) is 1. The predicted molar refractivity (Wildman–Crippen MR) is 101 cm³/mol. The number of aromatic hydroxyl groups is 1. The van der Waals surface area contributed by atoms with E-state index in [1.807, 2.05) is 0 Å². The maximum atomic E-state index is 12.5. The number of hydrogen-bond donors (Lipinski definition) is 3. The minimum atomic E-state index is -4.54. The molecule has 0 saturated carbocycles. The lowest BCUT2D eigenvalue weighted by atomic mass is 10.1. The predicted octanol–water partition coefficient (Wildman–Crippen LogP) is 3.26. The Bertz CT molecular complexity index is 1240. The van der Waals surface area contributed by atoms with E-state index in [4.69, 9.17) is 4.55 Å². The number of amides is 1. The topological polar surface area (TPSA) is 147 Å².